The first-order valence-electron chi connectivity index (χ1n) is 8.19. The van der Waals surface area contributed by atoms with E-state index >= 15 is 0 Å². The van der Waals surface area contributed by atoms with Crippen LogP contribution in [0.2, 0.25) is 10.0 Å². The largest absolute Gasteiger partial charge is 0.403 e. The molecule has 0 aliphatic carbocycles. The molecule has 0 saturated heterocycles. The number of nitrogens with zero attached hydrogens (tertiary/aromatic N) is 2. The number of sulfone groups is 1. The van der Waals surface area contributed by atoms with Crippen LogP contribution in [0.4, 0.5) is 6.01 Å². The van der Waals surface area contributed by atoms with Gasteiger partial charge in [-0.25, -0.2) is 8.42 Å². The number of carbonyl (C=O) groups is 1. The van der Waals surface area contributed by atoms with Crippen LogP contribution in [0.15, 0.2) is 51.8 Å². The molecule has 2 aromatic carbocycles. The van der Waals surface area contributed by atoms with E-state index in [1.165, 1.54) is 12.1 Å². The van der Waals surface area contributed by atoms with Crippen molar-refractivity contribution in [1.29, 1.82) is 0 Å². The molecule has 0 aliphatic rings. The molecule has 0 radical (unpaired) electrons. The summed E-state index contributed by atoms with van der Waals surface area (Å²) in [6.07, 6.45) is 0.0197. The van der Waals surface area contributed by atoms with Crippen molar-refractivity contribution in [2.45, 2.75) is 18.2 Å². The van der Waals surface area contributed by atoms with E-state index < -0.39 is 9.84 Å². The van der Waals surface area contributed by atoms with Crippen LogP contribution in [0.25, 0.3) is 11.5 Å². The lowest BCUT2D eigenvalue weighted by Crippen LogP contribution is -2.14. The Morgan fingerprint density at radius 2 is 1.82 bits per heavy atom. The number of halogens is 2. The zero-order valence-corrected chi connectivity index (χ0v) is 17.0. The predicted molar refractivity (Wildman–Crippen MR) is 106 cm³/mol. The van der Waals surface area contributed by atoms with E-state index in [1.54, 1.807) is 37.3 Å². The van der Waals surface area contributed by atoms with Crippen LogP contribution < -0.4 is 5.32 Å². The number of aromatic nitrogens is 2. The van der Waals surface area contributed by atoms with Gasteiger partial charge in [0.1, 0.15) is 0 Å². The average molecular weight is 440 g/mol. The van der Waals surface area contributed by atoms with Crippen LogP contribution in [0.5, 0.6) is 0 Å². The molecule has 3 rings (SSSR count). The third-order valence-corrected chi connectivity index (χ3v) is 6.16. The van der Waals surface area contributed by atoms with Gasteiger partial charge in [0.2, 0.25) is 5.91 Å². The molecule has 0 bridgehead atoms. The summed E-state index contributed by atoms with van der Waals surface area (Å²) < 4.78 is 29.0. The van der Waals surface area contributed by atoms with Gasteiger partial charge in [0, 0.05) is 5.02 Å². The Labute approximate surface area is 171 Å². The molecule has 1 N–H and O–H groups in total. The van der Waals surface area contributed by atoms with Gasteiger partial charge in [-0.2, -0.15) is 0 Å². The van der Waals surface area contributed by atoms with Gasteiger partial charge in [0.25, 0.3) is 5.89 Å². The van der Waals surface area contributed by atoms with Gasteiger partial charge in [-0.3, -0.25) is 10.1 Å². The third-order valence-electron chi connectivity index (χ3n) is 3.86. The second-order valence-corrected chi connectivity index (χ2v) is 8.93. The molecule has 0 aliphatic heterocycles. The Bertz CT molecular complexity index is 1110. The molecular formula is C18H15Cl2N3O4S. The Morgan fingerprint density at radius 1 is 1.11 bits per heavy atom. The monoisotopic (exact) mass is 439 g/mol. The first kappa shape index (κ1) is 20.3. The number of hydrogen-bond donors (Lipinski definition) is 1. The Balaban J connectivity index is 1.66. The molecule has 0 atom stereocenters. The minimum absolute atomic E-state index is 0.0178. The molecule has 0 unspecified atom stereocenters. The van der Waals surface area contributed by atoms with Gasteiger partial charge >= 0.3 is 6.01 Å². The van der Waals surface area contributed by atoms with Gasteiger partial charge < -0.3 is 4.42 Å². The highest BCUT2D eigenvalue weighted by molar-refractivity contribution is 7.91. The summed E-state index contributed by atoms with van der Waals surface area (Å²) in [5, 5.41) is 11.0. The Kier molecular flexibility index (Phi) is 6.02. The quantitative estimate of drug-likeness (QED) is 0.621. The fourth-order valence-corrected chi connectivity index (χ4v) is 3.75. The summed E-state index contributed by atoms with van der Waals surface area (Å²) in [5.41, 5.74) is 1.14. The van der Waals surface area contributed by atoms with Crippen LogP contribution in [0, 0.1) is 0 Å². The second-order valence-electron chi connectivity index (χ2n) is 5.81. The predicted octanol–water partition coefficient (Wildman–Crippen LogP) is 4.02. The molecule has 0 saturated carbocycles. The fraction of sp³-hybridized carbons (Fsp3) is 0.167. The van der Waals surface area contributed by atoms with Gasteiger partial charge in [-0.15, -0.1) is 5.10 Å². The van der Waals surface area contributed by atoms with Crippen LogP contribution in [-0.4, -0.2) is 30.3 Å². The van der Waals surface area contributed by atoms with Crippen LogP contribution in [0.3, 0.4) is 0 Å². The van der Waals surface area contributed by atoms with E-state index in [0.29, 0.717) is 21.2 Å². The van der Waals surface area contributed by atoms with Crippen molar-refractivity contribution in [1.82, 2.24) is 10.2 Å². The van der Waals surface area contributed by atoms with Crippen molar-refractivity contribution in [2.75, 3.05) is 11.1 Å². The molecule has 0 spiro atoms. The molecule has 28 heavy (non-hydrogen) atoms. The number of rotatable bonds is 6. The molecule has 7 nitrogen and oxygen atoms in total. The zero-order valence-electron chi connectivity index (χ0n) is 14.6. The summed E-state index contributed by atoms with van der Waals surface area (Å²) in [5.74, 6) is -0.223. The minimum atomic E-state index is -3.27. The number of carbonyl (C=O) groups excluding carboxylic acids is 1. The lowest BCUT2D eigenvalue weighted by molar-refractivity contribution is -0.115. The van der Waals surface area contributed by atoms with Crippen molar-refractivity contribution in [3.63, 3.8) is 0 Å². The van der Waals surface area contributed by atoms with E-state index in [2.05, 4.69) is 15.5 Å². The van der Waals surface area contributed by atoms with Crippen molar-refractivity contribution < 1.29 is 17.6 Å². The van der Waals surface area contributed by atoms with E-state index in [4.69, 9.17) is 27.6 Å². The number of amides is 1. The summed E-state index contributed by atoms with van der Waals surface area (Å²) in [6, 6.07) is 10.9. The highest BCUT2D eigenvalue weighted by atomic mass is 35.5. The summed E-state index contributed by atoms with van der Waals surface area (Å²) >= 11 is 12.0. The van der Waals surface area contributed by atoms with E-state index in [9.17, 15) is 13.2 Å². The maximum absolute atomic E-state index is 12.2. The molecule has 1 heterocycles. The Hall–Kier alpha value is -2.42. The Morgan fingerprint density at radius 3 is 2.46 bits per heavy atom. The molecule has 1 amide bonds. The first-order chi connectivity index (χ1) is 13.3. The van der Waals surface area contributed by atoms with Crippen molar-refractivity contribution in [3.05, 3.63) is 58.1 Å². The van der Waals surface area contributed by atoms with Crippen LogP contribution in [-0.2, 0) is 21.1 Å². The molecule has 10 heteroatoms. The molecule has 0 fully saturated rings. The lowest BCUT2D eigenvalue weighted by atomic mass is 10.1. The van der Waals surface area contributed by atoms with Gasteiger partial charge in [0.15, 0.2) is 9.84 Å². The number of hydrogen-bond acceptors (Lipinski definition) is 6. The summed E-state index contributed by atoms with van der Waals surface area (Å²) in [7, 11) is -3.27. The maximum Gasteiger partial charge on any atom is 0.322 e. The highest BCUT2D eigenvalue weighted by Gasteiger charge is 2.15. The number of nitrogens with one attached hydrogen (secondary N) is 1. The van der Waals surface area contributed by atoms with Crippen LogP contribution >= 0.6 is 23.2 Å². The average Bonchev–Trinajstić information content (AvgIpc) is 3.10. The normalized spacial score (nSPS) is 11.4. The van der Waals surface area contributed by atoms with Gasteiger partial charge in [-0.05, 0) is 35.9 Å². The number of anilines is 1. The summed E-state index contributed by atoms with van der Waals surface area (Å²) in [4.78, 5) is 12.4. The zero-order chi connectivity index (χ0) is 20.3. The van der Waals surface area contributed by atoms with E-state index in [1.807, 2.05) is 0 Å². The molecule has 146 valence electrons. The SMILES string of the molecule is CCS(=O)(=O)c1ccc(CC(=O)Nc2nnc(-c3ccc(Cl)cc3Cl)o2)cc1. The van der Waals surface area contributed by atoms with Crippen molar-refractivity contribution >= 4 is 45.0 Å². The highest BCUT2D eigenvalue weighted by Crippen LogP contribution is 2.30. The smallest absolute Gasteiger partial charge is 0.322 e. The van der Waals surface area contributed by atoms with E-state index in [0.717, 1.165) is 0 Å². The van der Waals surface area contributed by atoms with Crippen LogP contribution in [0.1, 0.15) is 12.5 Å². The fourth-order valence-electron chi connectivity index (χ4n) is 2.38. The summed E-state index contributed by atoms with van der Waals surface area (Å²) in [6.45, 7) is 1.58. The topological polar surface area (TPSA) is 102 Å². The van der Waals surface area contributed by atoms with E-state index in [-0.39, 0.29) is 34.9 Å². The van der Waals surface area contributed by atoms with Gasteiger partial charge in [-0.1, -0.05) is 47.4 Å². The molecule has 1 aromatic heterocycles. The van der Waals surface area contributed by atoms with Crippen molar-refractivity contribution in [3.8, 4) is 11.5 Å². The van der Waals surface area contributed by atoms with Crippen molar-refractivity contribution in [2.24, 2.45) is 0 Å². The third kappa shape index (κ3) is 4.70. The second kappa shape index (κ2) is 8.30. The molecule has 3 aromatic rings. The molecular weight excluding hydrogens is 425 g/mol. The first-order valence-corrected chi connectivity index (χ1v) is 10.6. The number of benzene rings is 2. The standard InChI is InChI=1S/C18H15Cl2N3O4S/c1-2-28(25,26)13-6-3-11(4-7-13)9-16(24)21-18-23-22-17(27-18)14-8-5-12(19)10-15(14)20/h3-8,10H,2,9H2,1H3,(H,21,23,24). The van der Waals surface area contributed by atoms with Gasteiger partial charge in [0.05, 0.1) is 27.7 Å². The lowest BCUT2D eigenvalue weighted by Gasteiger charge is -2.04. The maximum atomic E-state index is 12.2. The minimum Gasteiger partial charge on any atom is -0.403 e.